The van der Waals surface area contributed by atoms with Gasteiger partial charge in [-0.1, -0.05) is 0 Å². The maximum Gasteiger partial charge on any atom is 0.227 e. The van der Waals surface area contributed by atoms with Gasteiger partial charge in [0.05, 0.1) is 5.92 Å². The maximum atomic E-state index is 11.2. The highest BCUT2D eigenvalue weighted by atomic mass is 35.5. The number of rotatable bonds is 2. The summed E-state index contributed by atoms with van der Waals surface area (Å²) in [6, 6.07) is 0.165. The molecule has 1 aliphatic heterocycles. The molecule has 1 amide bonds. The van der Waals surface area contributed by atoms with Crippen molar-refractivity contribution in [3.63, 3.8) is 0 Å². The molecule has 4 heteroatoms. The molecule has 3 nitrogen and oxygen atoms in total. The lowest BCUT2D eigenvalue weighted by atomic mass is 10.1. The second-order valence-electron chi connectivity index (χ2n) is 3.35. The van der Waals surface area contributed by atoms with Crippen molar-refractivity contribution < 1.29 is 9.59 Å². The summed E-state index contributed by atoms with van der Waals surface area (Å²) in [5.74, 6) is -0.259. The summed E-state index contributed by atoms with van der Waals surface area (Å²) in [5, 5.41) is -0.397. The minimum absolute atomic E-state index is 0.0315. The molecule has 1 atom stereocenters. The quantitative estimate of drug-likeness (QED) is 0.608. The molecule has 68 valence electrons. The third-order valence-corrected chi connectivity index (χ3v) is 2.41. The van der Waals surface area contributed by atoms with Crippen molar-refractivity contribution in [1.29, 1.82) is 0 Å². The van der Waals surface area contributed by atoms with E-state index in [4.69, 9.17) is 11.6 Å². The van der Waals surface area contributed by atoms with Gasteiger partial charge in [0.15, 0.2) is 0 Å². The standard InChI is InChI=1S/C8H12ClNO2/c1-5(2)10-4-6(8(9)12)3-7(10)11/h5-6H,3-4H2,1-2H3/t6-/m0/s1. The molecule has 0 aromatic heterocycles. The van der Waals surface area contributed by atoms with Crippen LogP contribution in [0.4, 0.5) is 0 Å². The fourth-order valence-corrected chi connectivity index (χ4v) is 1.53. The highest BCUT2D eigenvalue weighted by molar-refractivity contribution is 6.64. The number of likely N-dealkylation sites (tertiary alicyclic amines) is 1. The van der Waals surface area contributed by atoms with E-state index in [-0.39, 0.29) is 24.3 Å². The summed E-state index contributed by atoms with van der Waals surface area (Å²) in [7, 11) is 0. The van der Waals surface area contributed by atoms with Crippen LogP contribution in [0.2, 0.25) is 0 Å². The number of halogens is 1. The Labute approximate surface area is 76.7 Å². The second-order valence-corrected chi connectivity index (χ2v) is 3.72. The predicted molar refractivity (Wildman–Crippen MR) is 45.8 cm³/mol. The number of amides is 1. The minimum Gasteiger partial charge on any atom is -0.339 e. The third-order valence-electron chi connectivity index (χ3n) is 2.10. The molecular formula is C8H12ClNO2. The van der Waals surface area contributed by atoms with Crippen molar-refractivity contribution in [2.24, 2.45) is 5.92 Å². The lowest BCUT2D eigenvalue weighted by Gasteiger charge is -2.20. The molecule has 1 aliphatic rings. The van der Waals surface area contributed by atoms with Gasteiger partial charge in [-0.25, -0.2) is 0 Å². The van der Waals surface area contributed by atoms with E-state index in [1.807, 2.05) is 13.8 Å². The van der Waals surface area contributed by atoms with E-state index in [0.717, 1.165) is 0 Å². The van der Waals surface area contributed by atoms with Crippen LogP contribution >= 0.6 is 11.6 Å². The van der Waals surface area contributed by atoms with Gasteiger partial charge in [-0.05, 0) is 25.4 Å². The molecule has 0 aliphatic carbocycles. The number of hydrogen-bond donors (Lipinski definition) is 0. The molecule has 12 heavy (non-hydrogen) atoms. The van der Waals surface area contributed by atoms with Gasteiger partial charge in [-0.15, -0.1) is 0 Å². The van der Waals surface area contributed by atoms with E-state index in [9.17, 15) is 9.59 Å². The number of carbonyl (C=O) groups excluding carboxylic acids is 2. The number of carbonyl (C=O) groups is 2. The van der Waals surface area contributed by atoms with Crippen LogP contribution < -0.4 is 0 Å². The Hall–Kier alpha value is -0.570. The van der Waals surface area contributed by atoms with Crippen molar-refractivity contribution in [3.8, 4) is 0 Å². The van der Waals surface area contributed by atoms with Gasteiger partial charge in [0.1, 0.15) is 0 Å². The molecule has 0 spiro atoms. The lowest BCUT2D eigenvalue weighted by Crippen LogP contribution is -2.32. The fourth-order valence-electron chi connectivity index (χ4n) is 1.38. The van der Waals surface area contributed by atoms with E-state index in [1.54, 1.807) is 4.90 Å². The summed E-state index contributed by atoms with van der Waals surface area (Å²) in [6.07, 6.45) is 0.278. The SMILES string of the molecule is CC(C)N1C[C@@H](C(=O)Cl)CC1=O. The van der Waals surface area contributed by atoms with E-state index >= 15 is 0 Å². The summed E-state index contributed by atoms with van der Waals surface area (Å²) < 4.78 is 0. The molecule has 0 radical (unpaired) electrons. The molecule has 1 heterocycles. The van der Waals surface area contributed by atoms with Gasteiger partial charge in [0.2, 0.25) is 11.1 Å². The summed E-state index contributed by atoms with van der Waals surface area (Å²) in [4.78, 5) is 23.7. The summed E-state index contributed by atoms with van der Waals surface area (Å²) in [5.41, 5.74) is 0. The third kappa shape index (κ3) is 1.78. The first-order valence-electron chi connectivity index (χ1n) is 4.01. The van der Waals surface area contributed by atoms with Crippen molar-refractivity contribution in [2.75, 3.05) is 6.54 Å². The monoisotopic (exact) mass is 189 g/mol. The Balaban J connectivity index is 2.62. The van der Waals surface area contributed by atoms with Crippen LogP contribution in [0.25, 0.3) is 0 Å². The maximum absolute atomic E-state index is 11.2. The van der Waals surface area contributed by atoms with Gasteiger partial charge in [-0.3, -0.25) is 9.59 Å². The molecule has 1 rings (SSSR count). The highest BCUT2D eigenvalue weighted by Gasteiger charge is 2.34. The van der Waals surface area contributed by atoms with Crippen LogP contribution in [0.1, 0.15) is 20.3 Å². The number of hydrogen-bond acceptors (Lipinski definition) is 2. The Kier molecular flexibility index (Phi) is 2.73. The first kappa shape index (κ1) is 9.52. The zero-order valence-electron chi connectivity index (χ0n) is 7.21. The zero-order chi connectivity index (χ0) is 9.30. The van der Waals surface area contributed by atoms with Crippen LogP contribution in [0, 0.1) is 5.92 Å². The van der Waals surface area contributed by atoms with Gasteiger partial charge in [0, 0.05) is 19.0 Å². The van der Waals surface area contributed by atoms with Crippen LogP contribution in [0.15, 0.2) is 0 Å². The van der Waals surface area contributed by atoms with Crippen molar-refractivity contribution >= 4 is 22.8 Å². The number of nitrogens with zero attached hydrogens (tertiary/aromatic N) is 1. The molecule has 0 unspecified atom stereocenters. The molecule has 1 saturated heterocycles. The zero-order valence-corrected chi connectivity index (χ0v) is 7.97. The molecular weight excluding hydrogens is 178 g/mol. The summed E-state index contributed by atoms with van der Waals surface area (Å²) in [6.45, 7) is 4.34. The minimum atomic E-state index is -0.397. The van der Waals surface area contributed by atoms with E-state index in [1.165, 1.54) is 0 Å². The first-order chi connectivity index (χ1) is 5.52. The fraction of sp³-hybridized carbons (Fsp3) is 0.750. The highest BCUT2D eigenvalue weighted by Crippen LogP contribution is 2.21. The van der Waals surface area contributed by atoms with Crippen molar-refractivity contribution in [2.45, 2.75) is 26.3 Å². The molecule has 0 aromatic carbocycles. The van der Waals surface area contributed by atoms with Crippen LogP contribution in [-0.4, -0.2) is 28.6 Å². The van der Waals surface area contributed by atoms with E-state index in [0.29, 0.717) is 6.54 Å². The molecule has 0 aromatic rings. The van der Waals surface area contributed by atoms with E-state index < -0.39 is 5.24 Å². The average Bonchev–Trinajstić information content (AvgIpc) is 2.30. The normalized spacial score (nSPS) is 23.8. The predicted octanol–water partition coefficient (Wildman–Crippen LogP) is 1.01. The first-order valence-corrected chi connectivity index (χ1v) is 4.39. The van der Waals surface area contributed by atoms with E-state index in [2.05, 4.69) is 0 Å². The second kappa shape index (κ2) is 3.44. The average molecular weight is 190 g/mol. The summed E-state index contributed by atoms with van der Waals surface area (Å²) >= 11 is 5.30. The Morgan fingerprint density at radius 2 is 2.25 bits per heavy atom. The lowest BCUT2D eigenvalue weighted by molar-refractivity contribution is -0.129. The van der Waals surface area contributed by atoms with Crippen molar-refractivity contribution in [3.05, 3.63) is 0 Å². The smallest absolute Gasteiger partial charge is 0.227 e. The van der Waals surface area contributed by atoms with Gasteiger partial charge >= 0.3 is 0 Å². The molecule has 1 fully saturated rings. The Bertz CT molecular complexity index is 215. The van der Waals surface area contributed by atoms with Crippen molar-refractivity contribution in [1.82, 2.24) is 4.90 Å². The topological polar surface area (TPSA) is 37.4 Å². The molecule has 0 saturated carbocycles. The van der Waals surface area contributed by atoms with Gasteiger partial charge in [0.25, 0.3) is 0 Å². The van der Waals surface area contributed by atoms with Gasteiger partial charge < -0.3 is 4.90 Å². The Morgan fingerprint density at radius 1 is 1.67 bits per heavy atom. The van der Waals surface area contributed by atoms with Crippen LogP contribution in [0.5, 0.6) is 0 Å². The van der Waals surface area contributed by atoms with Crippen LogP contribution in [0.3, 0.4) is 0 Å². The Morgan fingerprint density at radius 3 is 2.50 bits per heavy atom. The molecule has 0 N–H and O–H groups in total. The molecule has 0 bridgehead atoms. The van der Waals surface area contributed by atoms with Crippen LogP contribution in [-0.2, 0) is 9.59 Å². The largest absolute Gasteiger partial charge is 0.339 e. The van der Waals surface area contributed by atoms with Gasteiger partial charge in [-0.2, -0.15) is 0 Å².